The minimum absolute atomic E-state index is 0.0791. The molecule has 0 bridgehead atoms. The van der Waals surface area contributed by atoms with Crippen LogP contribution >= 0.6 is 0 Å². The summed E-state index contributed by atoms with van der Waals surface area (Å²) in [5, 5.41) is 8.35. The molecule has 5 aromatic carbocycles. The van der Waals surface area contributed by atoms with Gasteiger partial charge in [0.25, 0.3) is 0 Å². The number of fused-ring (bicyclic) bond motifs is 3. The van der Waals surface area contributed by atoms with Gasteiger partial charge in [0.2, 0.25) is 0 Å². The molecule has 5 heteroatoms. The first-order chi connectivity index (χ1) is 19.8. The summed E-state index contributed by atoms with van der Waals surface area (Å²) < 4.78 is 41.7. The Bertz CT molecular complexity index is 2170. The zero-order valence-electron chi connectivity index (χ0n) is 24.3. The van der Waals surface area contributed by atoms with Crippen LogP contribution in [0.25, 0.3) is 65.4 Å². The van der Waals surface area contributed by atoms with E-state index in [4.69, 9.17) is 9.97 Å². The number of pyridine rings is 2. The lowest BCUT2D eigenvalue weighted by Crippen LogP contribution is -2.34. The van der Waals surface area contributed by atoms with E-state index in [-0.39, 0.29) is 11.8 Å². The highest BCUT2D eigenvalue weighted by Gasteiger charge is 2.47. The predicted molar refractivity (Wildman–Crippen MR) is 168 cm³/mol. The first-order valence-corrected chi connectivity index (χ1v) is 14.3. The molecular weight excluding hydrogens is 529 g/mol. The van der Waals surface area contributed by atoms with Crippen molar-refractivity contribution in [2.24, 2.45) is 5.41 Å². The Kier molecular flexibility index (Phi) is 5.63. The van der Waals surface area contributed by atoms with Crippen LogP contribution in [-0.4, -0.2) is 16.1 Å². The van der Waals surface area contributed by atoms with E-state index in [1.807, 2.05) is 30.3 Å². The molecule has 0 aliphatic carbocycles. The largest absolute Gasteiger partial charge is 0.394 e. The van der Waals surface area contributed by atoms with Crippen LogP contribution in [0, 0.1) is 5.41 Å². The lowest BCUT2D eigenvalue weighted by molar-refractivity contribution is -0.211. The van der Waals surface area contributed by atoms with E-state index >= 15 is 0 Å². The molecule has 2 aromatic heterocycles. The van der Waals surface area contributed by atoms with Gasteiger partial charge in [-0.05, 0) is 79.7 Å². The summed E-state index contributed by atoms with van der Waals surface area (Å²) >= 11 is 0. The number of nitrogens with zero attached hydrogens (tertiary/aromatic N) is 2. The maximum Gasteiger partial charge on any atom is 0.394 e. The van der Waals surface area contributed by atoms with Crippen molar-refractivity contribution in [1.29, 1.82) is 0 Å². The molecule has 0 saturated carbocycles. The van der Waals surface area contributed by atoms with E-state index in [0.29, 0.717) is 11.2 Å². The van der Waals surface area contributed by atoms with Crippen molar-refractivity contribution >= 4 is 54.1 Å². The molecule has 0 spiro atoms. The smallest absolute Gasteiger partial charge is 0.253 e. The molecule has 0 aliphatic rings. The molecule has 0 amide bonds. The summed E-state index contributed by atoms with van der Waals surface area (Å²) in [6, 6.07) is 28.9. The molecule has 0 radical (unpaired) electrons. The summed E-state index contributed by atoms with van der Waals surface area (Å²) in [6.07, 6.45) is -4.54. The van der Waals surface area contributed by atoms with E-state index in [1.165, 1.54) is 24.8 Å². The summed E-state index contributed by atoms with van der Waals surface area (Å²) in [4.78, 5) is 9.92. The predicted octanol–water partition coefficient (Wildman–Crippen LogP) is 10.8. The lowest BCUT2D eigenvalue weighted by Gasteiger charge is -2.27. The van der Waals surface area contributed by atoms with Crippen molar-refractivity contribution < 1.29 is 13.2 Å². The fourth-order valence-corrected chi connectivity index (χ4v) is 6.37. The molecule has 210 valence electrons. The van der Waals surface area contributed by atoms with Gasteiger partial charge in [0.05, 0.1) is 22.1 Å². The average molecular weight is 561 g/mol. The molecule has 2 heterocycles. The van der Waals surface area contributed by atoms with Crippen molar-refractivity contribution in [1.82, 2.24) is 9.97 Å². The topological polar surface area (TPSA) is 25.8 Å². The van der Waals surface area contributed by atoms with Crippen LogP contribution in [-0.2, 0) is 11.8 Å². The van der Waals surface area contributed by atoms with Crippen LogP contribution in [0.2, 0.25) is 0 Å². The number of alkyl halides is 3. The third-order valence-corrected chi connectivity index (χ3v) is 8.66. The number of aromatic nitrogens is 2. The Morgan fingerprint density at radius 1 is 0.595 bits per heavy atom. The number of hydrogen-bond acceptors (Lipinski definition) is 2. The first-order valence-electron chi connectivity index (χ1n) is 14.3. The molecule has 0 aliphatic heterocycles. The van der Waals surface area contributed by atoms with Gasteiger partial charge in [-0.1, -0.05) is 83.1 Å². The number of hydrogen-bond donors (Lipinski definition) is 0. The molecule has 0 fully saturated rings. The third-order valence-electron chi connectivity index (χ3n) is 8.66. The van der Waals surface area contributed by atoms with Gasteiger partial charge < -0.3 is 0 Å². The molecule has 0 unspecified atom stereocenters. The Morgan fingerprint density at radius 3 is 1.83 bits per heavy atom. The molecule has 0 N–H and O–H groups in total. The molecule has 7 rings (SSSR count). The van der Waals surface area contributed by atoms with Crippen molar-refractivity contribution in [3.8, 4) is 11.3 Å². The van der Waals surface area contributed by atoms with Gasteiger partial charge in [0.1, 0.15) is 0 Å². The summed E-state index contributed by atoms with van der Waals surface area (Å²) in [7, 11) is 0. The monoisotopic (exact) mass is 560 g/mol. The quantitative estimate of drug-likeness (QED) is 0.159. The van der Waals surface area contributed by atoms with Gasteiger partial charge in [-0.25, -0.2) is 4.98 Å². The fraction of sp³-hybridized carbons (Fsp3) is 0.243. The zero-order chi connectivity index (χ0) is 29.6. The highest BCUT2D eigenvalue weighted by Crippen LogP contribution is 2.44. The van der Waals surface area contributed by atoms with Crippen LogP contribution in [0.4, 0.5) is 13.2 Å². The Labute approximate surface area is 242 Å². The van der Waals surface area contributed by atoms with E-state index in [0.717, 1.165) is 54.5 Å². The minimum atomic E-state index is -4.34. The lowest BCUT2D eigenvalue weighted by atomic mass is 9.82. The molecule has 0 atom stereocenters. The Balaban J connectivity index is 1.57. The van der Waals surface area contributed by atoms with Gasteiger partial charge in [-0.3, -0.25) is 4.98 Å². The van der Waals surface area contributed by atoms with E-state index in [9.17, 15) is 13.2 Å². The summed E-state index contributed by atoms with van der Waals surface area (Å²) in [5.41, 5.74) is 3.12. The molecule has 0 saturated heterocycles. The third kappa shape index (κ3) is 4.09. The molecule has 2 nitrogen and oxygen atoms in total. The second kappa shape index (κ2) is 8.87. The highest BCUT2D eigenvalue weighted by atomic mass is 19.4. The van der Waals surface area contributed by atoms with E-state index < -0.39 is 11.6 Å². The maximum atomic E-state index is 13.9. The van der Waals surface area contributed by atoms with Gasteiger partial charge >= 0.3 is 6.18 Å². The average Bonchev–Trinajstić information content (AvgIpc) is 2.93. The van der Waals surface area contributed by atoms with E-state index in [2.05, 4.69) is 75.4 Å². The van der Waals surface area contributed by atoms with Crippen LogP contribution in [0.1, 0.15) is 45.9 Å². The van der Waals surface area contributed by atoms with E-state index in [1.54, 1.807) is 0 Å². The Hall–Kier alpha value is -4.25. The van der Waals surface area contributed by atoms with Gasteiger partial charge in [-0.2, -0.15) is 13.2 Å². The zero-order valence-corrected chi connectivity index (χ0v) is 24.3. The Morgan fingerprint density at radius 2 is 1.19 bits per heavy atom. The van der Waals surface area contributed by atoms with Gasteiger partial charge in [-0.15, -0.1) is 0 Å². The normalized spacial score (nSPS) is 13.3. The fourth-order valence-electron chi connectivity index (χ4n) is 6.37. The van der Waals surface area contributed by atoms with Crippen molar-refractivity contribution in [3.05, 3.63) is 96.2 Å². The van der Waals surface area contributed by atoms with Gasteiger partial charge in [0.15, 0.2) is 0 Å². The van der Waals surface area contributed by atoms with Crippen LogP contribution in [0.5, 0.6) is 0 Å². The summed E-state index contributed by atoms with van der Waals surface area (Å²) in [6.45, 7) is 9.14. The molecule has 42 heavy (non-hydrogen) atoms. The SMILES string of the molecule is CC(C)(C)c1cc(-c2cc3c4cc(CC(C)(C)C(F)(F)F)nc5cccc(c6cccc(n2)c63)c54)cc2ccccc12. The second-order valence-corrected chi connectivity index (χ2v) is 13.2. The highest BCUT2D eigenvalue weighted by molar-refractivity contribution is 6.32. The van der Waals surface area contributed by atoms with Crippen LogP contribution in [0.15, 0.2) is 84.9 Å². The van der Waals surface area contributed by atoms with Crippen LogP contribution in [0.3, 0.4) is 0 Å². The number of benzene rings is 5. The number of halogens is 3. The number of rotatable bonds is 3. The van der Waals surface area contributed by atoms with Gasteiger partial charge in [0, 0.05) is 28.5 Å². The molecule has 7 aromatic rings. The van der Waals surface area contributed by atoms with Crippen molar-refractivity contribution in [3.63, 3.8) is 0 Å². The molecular formula is C37H31F3N2. The van der Waals surface area contributed by atoms with Crippen molar-refractivity contribution in [2.45, 2.75) is 52.6 Å². The van der Waals surface area contributed by atoms with Crippen LogP contribution < -0.4 is 0 Å². The maximum absolute atomic E-state index is 13.9. The summed E-state index contributed by atoms with van der Waals surface area (Å²) in [5.74, 6) is 0. The van der Waals surface area contributed by atoms with Crippen molar-refractivity contribution in [2.75, 3.05) is 0 Å². The standard InChI is InChI=1S/C37H31F3N2/c1-35(2,3)29-17-22(16-21-10-6-7-11-24(21)29)32-19-28-27-18-23(20-36(4,5)37(38,39)40)41-30-14-8-12-25(33(27)30)26-13-9-15-31(42-32)34(26)28/h6-19H,20H2,1-5H3. The minimum Gasteiger partial charge on any atom is -0.253 e. The first kappa shape index (κ1) is 26.6. The second-order valence-electron chi connectivity index (χ2n) is 13.2.